The largest absolute Gasteiger partial charge is 0.478 e. The fourth-order valence-electron chi connectivity index (χ4n) is 6.00. The minimum Gasteiger partial charge on any atom is -0.478 e. The number of likely N-dealkylation sites (N-methyl/N-ethyl adjacent to an activating group) is 1. The van der Waals surface area contributed by atoms with Gasteiger partial charge in [-0.25, -0.2) is 8.78 Å². The van der Waals surface area contributed by atoms with Gasteiger partial charge in [-0.3, -0.25) is 14.4 Å². The summed E-state index contributed by atoms with van der Waals surface area (Å²) in [4.78, 5) is 41.8. The van der Waals surface area contributed by atoms with E-state index in [9.17, 15) is 18.8 Å². The van der Waals surface area contributed by atoms with Gasteiger partial charge in [0.1, 0.15) is 22.8 Å². The van der Waals surface area contributed by atoms with Crippen LogP contribution in [0.1, 0.15) is 48.9 Å². The van der Waals surface area contributed by atoms with Crippen molar-refractivity contribution in [3.05, 3.63) is 93.0 Å². The van der Waals surface area contributed by atoms with Crippen LogP contribution in [0.3, 0.4) is 0 Å². The molecule has 1 fully saturated rings. The molecule has 11 heteroatoms. The number of anilines is 1. The highest BCUT2D eigenvalue weighted by Gasteiger charge is 2.62. The Morgan fingerprint density at radius 2 is 1.68 bits per heavy atom. The molecule has 3 aromatic rings. The fourth-order valence-corrected chi connectivity index (χ4v) is 6.35. The van der Waals surface area contributed by atoms with E-state index in [0.717, 1.165) is 18.2 Å². The van der Waals surface area contributed by atoms with Crippen LogP contribution in [0.25, 0.3) is 0 Å². The van der Waals surface area contributed by atoms with Gasteiger partial charge in [0.15, 0.2) is 5.60 Å². The first-order valence-corrected chi connectivity index (χ1v) is 13.6. The number of nitrogens with one attached hydrogen (secondary N) is 2. The van der Waals surface area contributed by atoms with Crippen LogP contribution in [0, 0.1) is 11.6 Å². The normalized spacial score (nSPS) is 21.8. The molecule has 0 bridgehead atoms. The van der Waals surface area contributed by atoms with E-state index in [2.05, 4.69) is 10.6 Å². The first-order valence-electron chi connectivity index (χ1n) is 12.8. The molecule has 7 nitrogen and oxygen atoms in total. The lowest BCUT2D eigenvalue weighted by Gasteiger charge is -2.47. The number of amides is 3. The lowest BCUT2D eigenvalue weighted by Crippen LogP contribution is -2.57. The number of halogens is 4. The highest BCUT2D eigenvalue weighted by molar-refractivity contribution is 6.31. The molecule has 2 heterocycles. The molecular formula is C30H27Cl2F2N3O4. The molecule has 3 amide bonds. The number of benzene rings is 3. The molecule has 1 saturated heterocycles. The average molecular weight is 602 g/mol. The van der Waals surface area contributed by atoms with Crippen molar-refractivity contribution in [1.29, 1.82) is 0 Å². The Morgan fingerprint density at radius 3 is 2.39 bits per heavy atom. The minimum atomic E-state index is -1.68. The maximum Gasteiger partial charge on any atom is 0.265 e. The summed E-state index contributed by atoms with van der Waals surface area (Å²) in [5, 5.41) is 6.23. The zero-order valence-electron chi connectivity index (χ0n) is 22.7. The highest BCUT2D eigenvalue weighted by Crippen LogP contribution is 2.59. The molecule has 1 unspecified atom stereocenters. The minimum absolute atomic E-state index is 0.200. The van der Waals surface area contributed by atoms with Gasteiger partial charge in [-0.05, 0) is 67.9 Å². The standard InChI is InChI=1S/C30H27Cl2F2N3O4/c1-29(2,28(40)37(3)4)41-24-10-6-15(31)11-18(24)21-14-25(38)36-26(19-13-17(33)7-9-22(19)34)30(21)20-8-5-16(32)12-23(20)35-27(30)39/h5-13,21,26H,14H2,1-4H3,(H,35,39)(H,36,38)/t21-,26+,30?/m1/s1. The smallest absolute Gasteiger partial charge is 0.265 e. The molecule has 3 aromatic carbocycles. The third-order valence-corrected chi connectivity index (χ3v) is 8.12. The Hall–Kier alpha value is -3.69. The summed E-state index contributed by atoms with van der Waals surface area (Å²) >= 11 is 12.7. The Labute approximate surface area is 245 Å². The maximum atomic E-state index is 15.4. The van der Waals surface area contributed by atoms with Crippen molar-refractivity contribution >= 4 is 46.6 Å². The second-order valence-corrected chi connectivity index (χ2v) is 11.8. The quantitative estimate of drug-likeness (QED) is 0.390. The molecule has 0 aromatic heterocycles. The monoisotopic (exact) mass is 601 g/mol. The van der Waals surface area contributed by atoms with E-state index in [1.807, 2.05) is 0 Å². The van der Waals surface area contributed by atoms with Crippen LogP contribution in [0.2, 0.25) is 10.0 Å². The summed E-state index contributed by atoms with van der Waals surface area (Å²) in [5.74, 6) is -3.69. The molecule has 0 saturated carbocycles. The first kappa shape index (κ1) is 28.8. The first-order chi connectivity index (χ1) is 19.2. The Morgan fingerprint density at radius 1 is 1.00 bits per heavy atom. The fraction of sp³-hybridized carbons (Fsp3) is 0.300. The van der Waals surface area contributed by atoms with Crippen LogP contribution in [0.5, 0.6) is 5.75 Å². The average Bonchev–Trinajstić information content (AvgIpc) is 3.18. The van der Waals surface area contributed by atoms with Gasteiger partial charge in [0.2, 0.25) is 11.8 Å². The summed E-state index contributed by atoms with van der Waals surface area (Å²) in [6, 6.07) is 11.0. The van der Waals surface area contributed by atoms with Crippen LogP contribution < -0.4 is 15.4 Å². The number of fused-ring (bicyclic) bond motifs is 2. The van der Waals surface area contributed by atoms with Crippen molar-refractivity contribution < 1.29 is 27.9 Å². The van der Waals surface area contributed by atoms with E-state index in [0.29, 0.717) is 21.8 Å². The van der Waals surface area contributed by atoms with E-state index in [-0.39, 0.29) is 28.7 Å². The third-order valence-electron chi connectivity index (χ3n) is 7.65. The maximum absolute atomic E-state index is 15.4. The van der Waals surface area contributed by atoms with Crippen LogP contribution in [0.4, 0.5) is 14.5 Å². The SMILES string of the molecule is CN(C)C(=O)C(C)(C)Oc1ccc(Cl)cc1[C@H]1CC(=O)N[C@@H](c2cc(F)ccc2F)C12C(=O)Nc1cc(Cl)ccc12. The van der Waals surface area contributed by atoms with Crippen molar-refractivity contribution in [2.75, 3.05) is 19.4 Å². The van der Waals surface area contributed by atoms with E-state index in [1.165, 1.54) is 4.90 Å². The van der Waals surface area contributed by atoms with Gasteiger partial charge < -0.3 is 20.3 Å². The summed E-state index contributed by atoms with van der Waals surface area (Å²) < 4.78 is 36.2. The summed E-state index contributed by atoms with van der Waals surface area (Å²) in [6.45, 7) is 3.20. The number of carbonyl (C=O) groups excluding carboxylic acids is 3. The topological polar surface area (TPSA) is 87.7 Å². The van der Waals surface area contributed by atoms with Gasteiger partial charge in [0.25, 0.3) is 5.91 Å². The lowest BCUT2D eigenvalue weighted by molar-refractivity contribution is -0.143. The van der Waals surface area contributed by atoms with E-state index in [1.54, 1.807) is 64.3 Å². The predicted molar refractivity (Wildman–Crippen MR) is 151 cm³/mol. The molecule has 2 N–H and O–H groups in total. The number of rotatable bonds is 5. The number of hydrogen-bond acceptors (Lipinski definition) is 4. The van der Waals surface area contributed by atoms with Crippen molar-refractivity contribution in [2.45, 2.75) is 43.2 Å². The molecule has 2 aliphatic rings. The highest BCUT2D eigenvalue weighted by atomic mass is 35.5. The van der Waals surface area contributed by atoms with E-state index >= 15 is 4.39 Å². The number of piperidine rings is 1. The van der Waals surface area contributed by atoms with Crippen LogP contribution in [-0.2, 0) is 19.8 Å². The van der Waals surface area contributed by atoms with Gasteiger partial charge >= 0.3 is 0 Å². The van der Waals surface area contributed by atoms with Crippen molar-refractivity contribution in [3.8, 4) is 5.75 Å². The zero-order chi connectivity index (χ0) is 29.9. The molecule has 0 aliphatic carbocycles. The van der Waals surface area contributed by atoms with Crippen LogP contribution in [-0.4, -0.2) is 42.3 Å². The lowest BCUT2D eigenvalue weighted by atomic mass is 9.59. The number of carbonyl (C=O) groups is 3. The molecular weight excluding hydrogens is 575 g/mol. The van der Waals surface area contributed by atoms with Crippen molar-refractivity contribution in [2.24, 2.45) is 0 Å². The summed E-state index contributed by atoms with van der Waals surface area (Å²) in [7, 11) is 3.19. The second kappa shape index (κ2) is 10.3. The number of nitrogens with zero attached hydrogens (tertiary/aromatic N) is 1. The predicted octanol–water partition coefficient (Wildman–Crippen LogP) is 5.75. The number of ether oxygens (including phenoxy) is 1. The Bertz CT molecular complexity index is 1600. The van der Waals surface area contributed by atoms with E-state index < -0.39 is 46.4 Å². The van der Waals surface area contributed by atoms with Crippen LogP contribution in [0.15, 0.2) is 54.6 Å². The van der Waals surface area contributed by atoms with Gasteiger partial charge in [0, 0.05) is 53.3 Å². The number of hydrogen-bond donors (Lipinski definition) is 2. The summed E-state index contributed by atoms with van der Waals surface area (Å²) in [5.41, 5.74) is -2.06. The second-order valence-electron chi connectivity index (χ2n) is 10.9. The molecule has 5 rings (SSSR count). The zero-order valence-corrected chi connectivity index (χ0v) is 24.2. The van der Waals surface area contributed by atoms with Crippen molar-refractivity contribution in [1.82, 2.24) is 10.2 Å². The van der Waals surface area contributed by atoms with Crippen molar-refractivity contribution in [3.63, 3.8) is 0 Å². The third kappa shape index (κ3) is 4.81. The Balaban J connectivity index is 1.80. The molecule has 41 heavy (non-hydrogen) atoms. The molecule has 0 radical (unpaired) electrons. The van der Waals surface area contributed by atoms with Crippen LogP contribution >= 0.6 is 23.2 Å². The Kier molecular flexibility index (Phi) is 7.24. The molecule has 3 atom stereocenters. The van der Waals surface area contributed by atoms with Gasteiger partial charge in [0.05, 0.1) is 6.04 Å². The molecule has 1 spiro atoms. The van der Waals surface area contributed by atoms with E-state index in [4.69, 9.17) is 27.9 Å². The van der Waals surface area contributed by atoms with Gasteiger partial charge in [-0.15, -0.1) is 0 Å². The van der Waals surface area contributed by atoms with Gasteiger partial charge in [-0.1, -0.05) is 29.3 Å². The molecule has 2 aliphatic heterocycles. The van der Waals surface area contributed by atoms with Gasteiger partial charge in [-0.2, -0.15) is 0 Å². The summed E-state index contributed by atoms with van der Waals surface area (Å²) in [6.07, 6.45) is -0.221. The molecule has 214 valence electrons.